The number of carbonyl (C=O) groups is 1. The van der Waals surface area contributed by atoms with Gasteiger partial charge in [-0.05, 0) is 56.2 Å². The van der Waals surface area contributed by atoms with Gasteiger partial charge in [0.25, 0.3) is 0 Å². The van der Waals surface area contributed by atoms with E-state index in [-0.39, 0.29) is 11.4 Å². The molecule has 108 valence electrons. The Bertz CT molecular complexity index is 732. The quantitative estimate of drug-likeness (QED) is 0.677. The Labute approximate surface area is 124 Å². The summed E-state index contributed by atoms with van der Waals surface area (Å²) in [6.07, 6.45) is 0.819. The van der Waals surface area contributed by atoms with Crippen molar-refractivity contribution < 1.29 is 9.53 Å². The standard InChI is InChI=1S/C18H19NO2/c1-11-14(5-4-6-15(11)19)17(20)12-7-8-16-13(9-12)10-18(2,3)21-16/h4-9H,10,19H2,1-3H3. The van der Waals surface area contributed by atoms with Crippen LogP contribution in [0.5, 0.6) is 5.75 Å². The van der Waals surface area contributed by atoms with E-state index in [0.29, 0.717) is 16.8 Å². The average Bonchev–Trinajstić information content (AvgIpc) is 2.73. The van der Waals surface area contributed by atoms with E-state index in [4.69, 9.17) is 10.5 Å². The number of ketones is 1. The van der Waals surface area contributed by atoms with E-state index < -0.39 is 0 Å². The number of anilines is 1. The Hall–Kier alpha value is -2.29. The fourth-order valence-electron chi connectivity index (χ4n) is 2.81. The van der Waals surface area contributed by atoms with Crippen LogP contribution in [0.25, 0.3) is 0 Å². The molecule has 1 aliphatic rings. The van der Waals surface area contributed by atoms with Crippen molar-refractivity contribution in [2.75, 3.05) is 5.73 Å². The van der Waals surface area contributed by atoms with Gasteiger partial charge in [0.1, 0.15) is 11.4 Å². The summed E-state index contributed by atoms with van der Waals surface area (Å²) in [6.45, 7) is 5.98. The van der Waals surface area contributed by atoms with Crippen molar-refractivity contribution in [1.29, 1.82) is 0 Å². The van der Waals surface area contributed by atoms with Crippen molar-refractivity contribution in [2.24, 2.45) is 0 Å². The van der Waals surface area contributed by atoms with Crippen LogP contribution in [0.3, 0.4) is 0 Å². The molecule has 3 nitrogen and oxygen atoms in total. The van der Waals surface area contributed by atoms with E-state index in [2.05, 4.69) is 13.8 Å². The Morgan fingerprint density at radius 3 is 2.76 bits per heavy atom. The molecule has 0 saturated heterocycles. The summed E-state index contributed by atoms with van der Waals surface area (Å²) in [5.41, 5.74) is 9.61. The normalized spacial score (nSPS) is 15.4. The van der Waals surface area contributed by atoms with Gasteiger partial charge in [-0.3, -0.25) is 4.79 Å². The zero-order valence-corrected chi connectivity index (χ0v) is 12.6. The first-order valence-electron chi connectivity index (χ1n) is 7.09. The molecule has 0 bridgehead atoms. The van der Waals surface area contributed by atoms with Gasteiger partial charge in [-0.2, -0.15) is 0 Å². The second-order valence-corrected chi connectivity index (χ2v) is 6.21. The highest BCUT2D eigenvalue weighted by Crippen LogP contribution is 2.35. The summed E-state index contributed by atoms with van der Waals surface area (Å²) in [7, 11) is 0. The van der Waals surface area contributed by atoms with Gasteiger partial charge in [-0.25, -0.2) is 0 Å². The predicted octanol–water partition coefficient (Wildman–Crippen LogP) is 3.52. The van der Waals surface area contributed by atoms with Gasteiger partial charge in [0.15, 0.2) is 5.78 Å². The monoisotopic (exact) mass is 281 g/mol. The lowest BCUT2D eigenvalue weighted by Gasteiger charge is -2.16. The summed E-state index contributed by atoms with van der Waals surface area (Å²) >= 11 is 0. The van der Waals surface area contributed by atoms with Gasteiger partial charge in [-0.1, -0.05) is 12.1 Å². The summed E-state index contributed by atoms with van der Waals surface area (Å²) < 4.78 is 5.85. The van der Waals surface area contributed by atoms with Crippen LogP contribution in [0.2, 0.25) is 0 Å². The highest BCUT2D eigenvalue weighted by molar-refractivity contribution is 6.10. The molecule has 1 aliphatic heterocycles. The number of fused-ring (bicyclic) bond motifs is 1. The number of hydrogen-bond acceptors (Lipinski definition) is 3. The van der Waals surface area contributed by atoms with Crippen LogP contribution in [0.15, 0.2) is 36.4 Å². The molecule has 21 heavy (non-hydrogen) atoms. The molecule has 0 amide bonds. The molecule has 3 rings (SSSR count). The van der Waals surface area contributed by atoms with Crippen LogP contribution in [-0.4, -0.2) is 11.4 Å². The molecule has 0 aromatic heterocycles. The molecule has 0 fully saturated rings. The molecular formula is C18H19NO2. The van der Waals surface area contributed by atoms with E-state index >= 15 is 0 Å². The van der Waals surface area contributed by atoms with Crippen molar-refractivity contribution in [3.05, 3.63) is 58.7 Å². The zero-order chi connectivity index (χ0) is 15.2. The van der Waals surface area contributed by atoms with Crippen LogP contribution in [0.4, 0.5) is 5.69 Å². The third-order valence-electron chi connectivity index (χ3n) is 3.95. The minimum absolute atomic E-state index is 0.00676. The van der Waals surface area contributed by atoms with Crippen molar-refractivity contribution in [3.8, 4) is 5.75 Å². The molecule has 3 heteroatoms. The highest BCUT2D eigenvalue weighted by Gasteiger charge is 2.30. The van der Waals surface area contributed by atoms with Gasteiger partial charge in [-0.15, -0.1) is 0 Å². The minimum Gasteiger partial charge on any atom is -0.487 e. The van der Waals surface area contributed by atoms with Crippen LogP contribution in [0, 0.1) is 6.92 Å². The van der Waals surface area contributed by atoms with E-state index in [0.717, 1.165) is 23.3 Å². The smallest absolute Gasteiger partial charge is 0.193 e. The topological polar surface area (TPSA) is 52.3 Å². The van der Waals surface area contributed by atoms with Gasteiger partial charge < -0.3 is 10.5 Å². The van der Waals surface area contributed by atoms with Crippen molar-refractivity contribution in [2.45, 2.75) is 32.8 Å². The van der Waals surface area contributed by atoms with Crippen molar-refractivity contribution >= 4 is 11.5 Å². The van der Waals surface area contributed by atoms with Crippen LogP contribution < -0.4 is 10.5 Å². The Morgan fingerprint density at radius 1 is 1.24 bits per heavy atom. The van der Waals surface area contributed by atoms with Crippen LogP contribution in [0.1, 0.15) is 40.9 Å². The molecule has 0 spiro atoms. The van der Waals surface area contributed by atoms with Crippen molar-refractivity contribution in [1.82, 2.24) is 0 Å². The molecular weight excluding hydrogens is 262 g/mol. The first kappa shape index (κ1) is 13.7. The number of ether oxygens (including phenoxy) is 1. The Balaban J connectivity index is 1.99. The molecule has 0 radical (unpaired) electrons. The van der Waals surface area contributed by atoms with E-state index in [1.165, 1.54) is 0 Å². The predicted molar refractivity (Wildman–Crippen MR) is 83.9 cm³/mol. The fourth-order valence-corrected chi connectivity index (χ4v) is 2.81. The summed E-state index contributed by atoms with van der Waals surface area (Å²) in [4.78, 5) is 12.7. The Morgan fingerprint density at radius 2 is 2.00 bits per heavy atom. The lowest BCUT2D eigenvalue weighted by atomic mass is 9.95. The number of carbonyl (C=O) groups excluding carboxylic acids is 1. The van der Waals surface area contributed by atoms with Gasteiger partial charge in [0, 0.05) is 23.2 Å². The fraction of sp³-hybridized carbons (Fsp3) is 0.278. The number of hydrogen-bond donors (Lipinski definition) is 1. The first-order valence-corrected chi connectivity index (χ1v) is 7.09. The second kappa shape index (κ2) is 4.62. The van der Waals surface area contributed by atoms with Gasteiger partial charge in [0.05, 0.1) is 0 Å². The SMILES string of the molecule is Cc1c(N)cccc1C(=O)c1ccc2c(c1)CC(C)(C)O2. The van der Waals surface area contributed by atoms with Crippen molar-refractivity contribution in [3.63, 3.8) is 0 Å². The van der Waals surface area contributed by atoms with E-state index in [9.17, 15) is 4.79 Å². The number of rotatable bonds is 2. The van der Waals surface area contributed by atoms with Crippen LogP contribution >= 0.6 is 0 Å². The number of nitrogens with two attached hydrogens (primary N) is 1. The number of benzene rings is 2. The summed E-state index contributed by atoms with van der Waals surface area (Å²) in [5, 5.41) is 0. The third kappa shape index (κ3) is 2.40. The van der Waals surface area contributed by atoms with E-state index in [1.807, 2.05) is 43.3 Å². The maximum absolute atomic E-state index is 12.7. The zero-order valence-electron chi connectivity index (χ0n) is 12.6. The third-order valence-corrected chi connectivity index (χ3v) is 3.95. The minimum atomic E-state index is -0.197. The maximum Gasteiger partial charge on any atom is 0.193 e. The maximum atomic E-state index is 12.7. The van der Waals surface area contributed by atoms with Gasteiger partial charge in [0.2, 0.25) is 0 Å². The molecule has 0 aliphatic carbocycles. The second-order valence-electron chi connectivity index (χ2n) is 6.21. The average molecular weight is 281 g/mol. The molecule has 0 atom stereocenters. The molecule has 1 heterocycles. The molecule has 0 unspecified atom stereocenters. The lowest BCUT2D eigenvalue weighted by molar-refractivity contribution is 0.103. The lowest BCUT2D eigenvalue weighted by Crippen LogP contribution is -2.24. The molecule has 2 aromatic rings. The Kier molecular flexibility index (Phi) is 3.01. The number of nitrogen functional groups attached to an aromatic ring is 1. The summed E-state index contributed by atoms with van der Waals surface area (Å²) in [6, 6.07) is 11.1. The summed E-state index contributed by atoms with van der Waals surface area (Å²) in [5.74, 6) is 0.883. The van der Waals surface area contributed by atoms with Crippen LogP contribution in [-0.2, 0) is 6.42 Å². The first-order chi connectivity index (χ1) is 9.87. The highest BCUT2D eigenvalue weighted by atomic mass is 16.5. The largest absolute Gasteiger partial charge is 0.487 e. The molecule has 0 saturated carbocycles. The molecule has 2 aromatic carbocycles. The van der Waals surface area contributed by atoms with E-state index in [1.54, 1.807) is 0 Å². The molecule has 2 N–H and O–H groups in total. The van der Waals surface area contributed by atoms with Gasteiger partial charge >= 0.3 is 0 Å².